The van der Waals surface area contributed by atoms with E-state index in [-0.39, 0.29) is 23.7 Å². The van der Waals surface area contributed by atoms with Crippen LogP contribution in [0, 0.1) is 11.8 Å². The fourth-order valence-corrected chi connectivity index (χ4v) is 3.97. The first kappa shape index (κ1) is 19.8. The van der Waals surface area contributed by atoms with Gasteiger partial charge in [-0.05, 0) is 43.7 Å². The first-order valence-electron chi connectivity index (χ1n) is 10.1. The van der Waals surface area contributed by atoms with Crippen LogP contribution in [0.3, 0.4) is 0 Å². The first-order chi connectivity index (χ1) is 12.9. The van der Waals surface area contributed by atoms with Crippen molar-refractivity contribution in [2.45, 2.75) is 52.1 Å². The van der Waals surface area contributed by atoms with Crippen LogP contribution in [0.2, 0.25) is 0 Å². The average molecular weight is 373 g/mol. The maximum atomic E-state index is 12.8. The molecule has 2 fully saturated rings. The van der Waals surface area contributed by atoms with E-state index in [2.05, 4.69) is 23.7 Å². The predicted molar refractivity (Wildman–Crippen MR) is 105 cm³/mol. The molecule has 0 bridgehead atoms. The van der Waals surface area contributed by atoms with E-state index in [1.54, 1.807) is 11.1 Å². The molecule has 2 aliphatic heterocycles. The lowest BCUT2D eigenvalue weighted by Gasteiger charge is -2.33. The number of likely N-dealkylation sites (tertiary alicyclic amines) is 1. The second-order valence-electron chi connectivity index (χ2n) is 8.28. The Hall–Kier alpha value is -1.95. The van der Waals surface area contributed by atoms with Crippen molar-refractivity contribution < 1.29 is 14.7 Å². The highest BCUT2D eigenvalue weighted by molar-refractivity contribution is 5.94. The Bertz CT molecular complexity index is 651. The molecule has 0 aromatic carbocycles. The number of hydrogen-bond donors (Lipinski definition) is 1. The number of hydrogen-bond acceptors (Lipinski definition) is 5. The van der Waals surface area contributed by atoms with Gasteiger partial charge in [0.15, 0.2) is 0 Å². The highest BCUT2D eigenvalue weighted by atomic mass is 16.3. The summed E-state index contributed by atoms with van der Waals surface area (Å²) in [5.41, 5.74) is 0.577. The van der Waals surface area contributed by atoms with Gasteiger partial charge in [0.2, 0.25) is 0 Å². The fourth-order valence-electron chi connectivity index (χ4n) is 3.97. The smallest absolute Gasteiger partial charge is 0.255 e. The molecule has 2 aliphatic rings. The van der Waals surface area contributed by atoms with Gasteiger partial charge in [-0.15, -0.1) is 0 Å². The molecule has 6 heteroatoms. The number of aliphatic hydroxyl groups is 1. The Kier molecular flexibility index (Phi) is 6.47. The number of amides is 1. The Labute approximate surface area is 161 Å². The first-order valence-corrected chi connectivity index (χ1v) is 10.1. The zero-order chi connectivity index (χ0) is 19.4. The molecule has 3 rings (SSSR count). The third-order valence-electron chi connectivity index (χ3n) is 5.56. The number of carbonyl (C=O) groups excluding carboxylic acids is 2. The number of aromatic nitrogens is 1. The van der Waals surface area contributed by atoms with Gasteiger partial charge in [0, 0.05) is 44.7 Å². The topological polar surface area (TPSA) is 73.7 Å². The van der Waals surface area contributed by atoms with Gasteiger partial charge < -0.3 is 14.9 Å². The maximum absolute atomic E-state index is 12.8. The SMILES string of the molecule is CC(C)CC(=O)[C@@H]1CCCN(C(=O)c2ccc(N3CCC(O)CC3)nc2)C1. The minimum absolute atomic E-state index is 0.0305. The van der Waals surface area contributed by atoms with Crippen molar-refractivity contribution in [2.24, 2.45) is 11.8 Å². The normalized spacial score (nSPS) is 21.6. The number of carbonyl (C=O) groups is 2. The molecule has 1 N–H and O–H groups in total. The van der Waals surface area contributed by atoms with E-state index in [1.165, 1.54) is 0 Å². The molecule has 3 heterocycles. The molecule has 0 unspecified atom stereocenters. The lowest BCUT2D eigenvalue weighted by Crippen LogP contribution is -2.42. The highest BCUT2D eigenvalue weighted by Crippen LogP contribution is 2.23. The lowest BCUT2D eigenvalue weighted by molar-refractivity contribution is -0.124. The number of ketones is 1. The number of rotatable bonds is 5. The summed E-state index contributed by atoms with van der Waals surface area (Å²) in [7, 11) is 0. The number of aliphatic hydroxyl groups excluding tert-OH is 1. The van der Waals surface area contributed by atoms with Crippen molar-refractivity contribution in [3.8, 4) is 0 Å². The van der Waals surface area contributed by atoms with Crippen molar-refractivity contribution in [1.82, 2.24) is 9.88 Å². The number of Topliss-reactive ketones (excluding diaryl/α,β-unsaturated/α-hetero) is 1. The monoisotopic (exact) mass is 373 g/mol. The van der Waals surface area contributed by atoms with E-state index in [4.69, 9.17) is 0 Å². The Balaban J connectivity index is 1.60. The molecule has 0 spiro atoms. The van der Waals surface area contributed by atoms with E-state index >= 15 is 0 Å². The van der Waals surface area contributed by atoms with Crippen LogP contribution < -0.4 is 4.90 Å². The standard InChI is InChI=1S/C21H31N3O3/c1-15(2)12-19(26)17-4-3-9-24(14-17)21(27)16-5-6-20(22-13-16)23-10-7-18(25)8-11-23/h5-6,13,15,17-18,25H,3-4,7-12,14H2,1-2H3/t17-/m1/s1. The highest BCUT2D eigenvalue weighted by Gasteiger charge is 2.29. The summed E-state index contributed by atoms with van der Waals surface area (Å²) in [6.45, 7) is 6.91. The largest absolute Gasteiger partial charge is 0.393 e. The van der Waals surface area contributed by atoms with Gasteiger partial charge in [0.05, 0.1) is 11.7 Å². The van der Waals surface area contributed by atoms with Crippen LogP contribution in [0.25, 0.3) is 0 Å². The van der Waals surface area contributed by atoms with E-state index in [0.29, 0.717) is 31.0 Å². The molecule has 0 saturated carbocycles. The predicted octanol–water partition coefficient (Wildman–Crippen LogP) is 2.51. The van der Waals surface area contributed by atoms with Crippen molar-refractivity contribution in [3.05, 3.63) is 23.9 Å². The van der Waals surface area contributed by atoms with Crippen LogP contribution in [-0.4, -0.2) is 59.0 Å². The Morgan fingerprint density at radius 2 is 1.93 bits per heavy atom. The molecule has 148 valence electrons. The van der Waals surface area contributed by atoms with Gasteiger partial charge >= 0.3 is 0 Å². The van der Waals surface area contributed by atoms with Crippen LogP contribution in [0.15, 0.2) is 18.3 Å². The van der Waals surface area contributed by atoms with Crippen LogP contribution in [-0.2, 0) is 4.79 Å². The van der Waals surface area contributed by atoms with Gasteiger partial charge in [0.25, 0.3) is 5.91 Å². The summed E-state index contributed by atoms with van der Waals surface area (Å²) in [5.74, 6) is 1.42. The molecule has 6 nitrogen and oxygen atoms in total. The molecule has 2 saturated heterocycles. The van der Waals surface area contributed by atoms with Gasteiger partial charge in [-0.25, -0.2) is 4.98 Å². The number of anilines is 1. The van der Waals surface area contributed by atoms with Gasteiger partial charge in [0.1, 0.15) is 11.6 Å². The zero-order valence-electron chi connectivity index (χ0n) is 16.4. The van der Waals surface area contributed by atoms with Gasteiger partial charge in [-0.3, -0.25) is 9.59 Å². The molecular formula is C21H31N3O3. The average Bonchev–Trinajstić information content (AvgIpc) is 2.68. The summed E-state index contributed by atoms with van der Waals surface area (Å²) in [4.78, 5) is 33.6. The van der Waals surface area contributed by atoms with Crippen LogP contribution in [0.5, 0.6) is 0 Å². The lowest BCUT2D eigenvalue weighted by atomic mass is 9.89. The summed E-state index contributed by atoms with van der Waals surface area (Å²) in [6.07, 6.45) is 5.28. The van der Waals surface area contributed by atoms with Crippen molar-refractivity contribution in [1.29, 1.82) is 0 Å². The second kappa shape index (κ2) is 8.83. The zero-order valence-corrected chi connectivity index (χ0v) is 16.4. The molecule has 0 radical (unpaired) electrons. The summed E-state index contributed by atoms with van der Waals surface area (Å²) < 4.78 is 0. The summed E-state index contributed by atoms with van der Waals surface area (Å²) >= 11 is 0. The molecule has 1 aromatic heterocycles. The maximum Gasteiger partial charge on any atom is 0.255 e. The third kappa shape index (κ3) is 5.06. The quantitative estimate of drug-likeness (QED) is 0.858. The molecule has 27 heavy (non-hydrogen) atoms. The number of pyridine rings is 1. The van der Waals surface area contributed by atoms with E-state index in [0.717, 1.165) is 44.6 Å². The fraction of sp³-hybridized carbons (Fsp3) is 0.667. The minimum atomic E-state index is -0.215. The van der Waals surface area contributed by atoms with Crippen molar-refractivity contribution in [3.63, 3.8) is 0 Å². The molecule has 1 aromatic rings. The van der Waals surface area contributed by atoms with E-state index in [1.807, 2.05) is 12.1 Å². The van der Waals surface area contributed by atoms with E-state index in [9.17, 15) is 14.7 Å². The van der Waals surface area contributed by atoms with Gasteiger partial charge in [-0.1, -0.05) is 13.8 Å². The van der Waals surface area contributed by atoms with Crippen LogP contribution in [0.4, 0.5) is 5.82 Å². The van der Waals surface area contributed by atoms with E-state index < -0.39 is 0 Å². The second-order valence-corrected chi connectivity index (χ2v) is 8.28. The Morgan fingerprint density at radius 3 is 2.56 bits per heavy atom. The summed E-state index contributed by atoms with van der Waals surface area (Å²) in [6, 6.07) is 3.71. The Morgan fingerprint density at radius 1 is 1.19 bits per heavy atom. The van der Waals surface area contributed by atoms with Crippen molar-refractivity contribution in [2.75, 3.05) is 31.1 Å². The molecule has 0 aliphatic carbocycles. The molecule has 1 atom stereocenters. The minimum Gasteiger partial charge on any atom is -0.393 e. The summed E-state index contributed by atoms with van der Waals surface area (Å²) in [5, 5.41) is 9.62. The number of piperidine rings is 2. The van der Waals surface area contributed by atoms with Crippen LogP contribution in [0.1, 0.15) is 56.3 Å². The number of nitrogens with zero attached hydrogens (tertiary/aromatic N) is 3. The van der Waals surface area contributed by atoms with Crippen molar-refractivity contribution >= 4 is 17.5 Å². The van der Waals surface area contributed by atoms with Crippen LogP contribution >= 0.6 is 0 Å². The van der Waals surface area contributed by atoms with Gasteiger partial charge in [-0.2, -0.15) is 0 Å². The third-order valence-corrected chi connectivity index (χ3v) is 5.56. The molecule has 1 amide bonds. The molecular weight excluding hydrogens is 342 g/mol.